The van der Waals surface area contributed by atoms with Gasteiger partial charge in [0.25, 0.3) is 0 Å². The molecular formula is C24H26O12. The molecule has 0 spiro atoms. The highest BCUT2D eigenvalue weighted by Crippen LogP contribution is 2.13. The molecule has 2 aromatic carbocycles. The summed E-state index contributed by atoms with van der Waals surface area (Å²) >= 11 is 0. The van der Waals surface area contributed by atoms with E-state index >= 15 is 0 Å². The quantitative estimate of drug-likeness (QED) is 0.253. The van der Waals surface area contributed by atoms with Crippen LogP contribution in [0.15, 0.2) is 36.4 Å². The molecular weight excluding hydrogens is 480 g/mol. The van der Waals surface area contributed by atoms with Gasteiger partial charge in [0, 0.05) is 5.92 Å². The van der Waals surface area contributed by atoms with E-state index in [0.29, 0.717) is 11.1 Å². The predicted octanol–water partition coefficient (Wildman–Crippen LogP) is 4.57. The topological polar surface area (TPSA) is 142 Å². The van der Waals surface area contributed by atoms with Crippen LogP contribution in [0.25, 0.3) is 0 Å². The standard InChI is InChI=1S/C24H26O12/c1-14-6-8-19(17(4)10-14)21(25)31-35-33-23(27)29-12-16(3)13-30-24(28)34-36-32-22(26)20-9-7-15(2)11-18(20)5/h6-11,16H,12-13H2,1-5H3. The van der Waals surface area contributed by atoms with Gasteiger partial charge in [-0.1, -0.05) is 42.3 Å². The molecule has 0 saturated carbocycles. The van der Waals surface area contributed by atoms with Crippen molar-refractivity contribution in [3.8, 4) is 0 Å². The molecule has 194 valence electrons. The Labute approximate surface area is 206 Å². The van der Waals surface area contributed by atoms with E-state index in [-0.39, 0.29) is 24.3 Å². The van der Waals surface area contributed by atoms with Gasteiger partial charge in [0.2, 0.25) is 0 Å². The largest absolute Gasteiger partial charge is 0.543 e. The Morgan fingerprint density at radius 3 is 1.39 bits per heavy atom. The minimum Gasteiger partial charge on any atom is -0.432 e. The number of aryl methyl sites for hydroxylation is 4. The van der Waals surface area contributed by atoms with Crippen LogP contribution >= 0.6 is 0 Å². The number of hydrogen-bond donors (Lipinski definition) is 0. The van der Waals surface area contributed by atoms with Crippen molar-refractivity contribution in [1.29, 1.82) is 0 Å². The Hall–Kier alpha value is -4.16. The zero-order valence-electron chi connectivity index (χ0n) is 20.4. The normalized spacial score (nSPS) is 10.4. The Morgan fingerprint density at radius 2 is 1.03 bits per heavy atom. The number of benzene rings is 2. The van der Waals surface area contributed by atoms with Crippen molar-refractivity contribution in [3.05, 3.63) is 69.8 Å². The number of hydrogen-bond acceptors (Lipinski definition) is 12. The van der Waals surface area contributed by atoms with E-state index in [2.05, 4.69) is 29.6 Å². The minimum absolute atomic E-state index is 0.235. The summed E-state index contributed by atoms with van der Waals surface area (Å²) in [5.41, 5.74) is 3.70. The average molecular weight is 506 g/mol. The van der Waals surface area contributed by atoms with Crippen LogP contribution in [-0.2, 0) is 39.1 Å². The van der Waals surface area contributed by atoms with Crippen LogP contribution in [0.1, 0.15) is 49.9 Å². The second-order valence-electron chi connectivity index (χ2n) is 7.91. The summed E-state index contributed by atoms with van der Waals surface area (Å²) in [6.45, 7) is 8.23. The molecule has 12 nitrogen and oxygen atoms in total. The molecule has 0 aliphatic rings. The Kier molecular flexibility index (Phi) is 10.7. The van der Waals surface area contributed by atoms with E-state index in [1.807, 2.05) is 13.8 Å². The first kappa shape index (κ1) is 28.1. The molecule has 2 aromatic rings. The van der Waals surface area contributed by atoms with Crippen molar-refractivity contribution in [3.63, 3.8) is 0 Å². The fourth-order valence-corrected chi connectivity index (χ4v) is 2.84. The summed E-state index contributed by atoms with van der Waals surface area (Å²) in [5.74, 6) is -2.22. The second kappa shape index (κ2) is 13.7. The smallest absolute Gasteiger partial charge is 0.432 e. The van der Waals surface area contributed by atoms with Gasteiger partial charge in [0.05, 0.1) is 21.2 Å². The molecule has 0 atom stereocenters. The SMILES string of the molecule is Cc1ccc(C(=O)OOOC(=O)OCC(C)COC(=O)OOOC(=O)c2ccc(C)cc2C)c(C)c1. The first-order chi connectivity index (χ1) is 17.1. The van der Waals surface area contributed by atoms with Crippen LogP contribution in [0.5, 0.6) is 0 Å². The number of ether oxygens (including phenoxy) is 2. The highest BCUT2D eigenvalue weighted by molar-refractivity contribution is 5.91. The highest BCUT2D eigenvalue weighted by atomic mass is 17.5. The first-order valence-corrected chi connectivity index (χ1v) is 10.7. The molecule has 0 fully saturated rings. The van der Waals surface area contributed by atoms with Crippen LogP contribution in [0.4, 0.5) is 9.59 Å². The molecule has 0 saturated heterocycles. The lowest BCUT2D eigenvalue weighted by Gasteiger charge is -2.11. The zero-order chi connectivity index (χ0) is 26.7. The molecule has 0 aliphatic heterocycles. The maximum Gasteiger partial charge on any atom is 0.543 e. The average Bonchev–Trinajstić information content (AvgIpc) is 2.81. The molecule has 0 radical (unpaired) electrons. The molecule has 0 heterocycles. The van der Waals surface area contributed by atoms with Gasteiger partial charge in [-0.15, -0.1) is 0 Å². The van der Waals surface area contributed by atoms with Crippen LogP contribution in [0.3, 0.4) is 0 Å². The molecule has 12 heteroatoms. The Morgan fingerprint density at radius 1 is 0.639 bits per heavy atom. The summed E-state index contributed by atoms with van der Waals surface area (Å²) in [6, 6.07) is 10.1. The first-order valence-electron chi connectivity index (χ1n) is 10.7. The summed E-state index contributed by atoms with van der Waals surface area (Å²) < 4.78 is 9.47. The number of carbonyl (C=O) groups is 4. The van der Waals surface area contributed by atoms with Crippen molar-refractivity contribution in [2.45, 2.75) is 34.6 Å². The van der Waals surface area contributed by atoms with E-state index in [1.54, 1.807) is 57.2 Å². The van der Waals surface area contributed by atoms with E-state index in [0.717, 1.165) is 11.1 Å². The van der Waals surface area contributed by atoms with Crippen LogP contribution in [0, 0.1) is 33.6 Å². The van der Waals surface area contributed by atoms with Gasteiger partial charge in [0.1, 0.15) is 13.2 Å². The zero-order valence-corrected chi connectivity index (χ0v) is 20.4. The molecule has 0 aromatic heterocycles. The van der Waals surface area contributed by atoms with Crippen LogP contribution < -0.4 is 0 Å². The Balaban J connectivity index is 1.58. The monoisotopic (exact) mass is 506 g/mol. The van der Waals surface area contributed by atoms with Crippen molar-refractivity contribution in [1.82, 2.24) is 0 Å². The minimum atomic E-state index is -1.29. The summed E-state index contributed by atoms with van der Waals surface area (Å²) in [5, 5.41) is 8.30. The van der Waals surface area contributed by atoms with Gasteiger partial charge in [-0.25, -0.2) is 29.0 Å². The second-order valence-corrected chi connectivity index (χ2v) is 7.91. The van der Waals surface area contributed by atoms with Gasteiger partial charge < -0.3 is 9.47 Å². The number of rotatable bonds is 10. The van der Waals surface area contributed by atoms with E-state index in [4.69, 9.17) is 9.47 Å². The van der Waals surface area contributed by atoms with E-state index < -0.39 is 30.2 Å². The molecule has 0 bridgehead atoms. The lowest BCUT2D eigenvalue weighted by Crippen LogP contribution is -2.20. The molecule has 0 N–H and O–H groups in total. The third-order valence-corrected chi connectivity index (χ3v) is 4.60. The summed E-state index contributed by atoms with van der Waals surface area (Å²) in [4.78, 5) is 64.0. The third kappa shape index (κ3) is 9.24. The molecule has 0 unspecified atom stereocenters. The van der Waals surface area contributed by atoms with Gasteiger partial charge in [-0.2, -0.15) is 0 Å². The van der Waals surface area contributed by atoms with Crippen molar-refractivity contribution < 1.29 is 58.3 Å². The fraction of sp³-hybridized carbons (Fsp3) is 0.333. The summed E-state index contributed by atoms with van der Waals surface area (Å²) in [7, 11) is 0. The van der Waals surface area contributed by atoms with E-state index in [9.17, 15) is 19.2 Å². The van der Waals surface area contributed by atoms with Crippen LogP contribution in [-0.4, -0.2) is 37.5 Å². The van der Waals surface area contributed by atoms with Crippen molar-refractivity contribution >= 4 is 24.2 Å². The molecule has 2 rings (SSSR count). The lowest BCUT2D eigenvalue weighted by molar-refractivity contribution is -0.452. The molecule has 0 aliphatic carbocycles. The fourth-order valence-electron chi connectivity index (χ4n) is 2.84. The third-order valence-electron chi connectivity index (χ3n) is 4.60. The van der Waals surface area contributed by atoms with Crippen LogP contribution in [0.2, 0.25) is 0 Å². The van der Waals surface area contributed by atoms with Crippen molar-refractivity contribution in [2.24, 2.45) is 5.92 Å². The maximum atomic E-state index is 11.9. The molecule has 0 amide bonds. The lowest BCUT2D eigenvalue weighted by atomic mass is 10.1. The predicted molar refractivity (Wildman–Crippen MR) is 119 cm³/mol. The number of carbonyl (C=O) groups excluding carboxylic acids is 4. The van der Waals surface area contributed by atoms with Gasteiger partial charge in [0.15, 0.2) is 0 Å². The molecule has 36 heavy (non-hydrogen) atoms. The highest BCUT2D eigenvalue weighted by Gasteiger charge is 2.18. The van der Waals surface area contributed by atoms with E-state index in [1.165, 1.54) is 0 Å². The maximum absolute atomic E-state index is 11.9. The summed E-state index contributed by atoms with van der Waals surface area (Å²) in [6.07, 6.45) is -2.58. The van der Waals surface area contributed by atoms with Gasteiger partial charge >= 0.3 is 24.2 Å². The van der Waals surface area contributed by atoms with Gasteiger partial charge in [-0.05, 0) is 51.0 Å². The Bertz CT molecular complexity index is 1010. The van der Waals surface area contributed by atoms with Gasteiger partial charge in [-0.3, -0.25) is 9.78 Å². The van der Waals surface area contributed by atoms with Crippen molar-refractivity contribution in [2.75, 3.05) is 13.2 Å².